The molecule has 1 aliphatic rings. The highest BCUT2D eigenvalue weighted by Gasteiger charge is 2.24. The first-order valence-corrected chi connectivity index (χ1v) is 7.32. The van der Waals surface area contributed by atoms with Crippen molar-refractivity contribution in [1.82, 2.24) is 10.2 Å². The predicted molar refractivity (Wildman–Crippen MR) is 79.3 cm³/mol. The van der Waals surface area contributed by atoms with Crippen molar-refractivity contribution in [3.8, 4) is 0 Å². The highest BCUT2D eigenvalue weighted by molar-refractivity contribution is 5.78. The highest BCUT2D eigenvalue weighted by atomic mass is 16.5. The van der Waals surface area contributed by atoms with E-state index in [0.29, 0.717) is 13.2 Å². The Bertz CT molecular complexity index is 400. The summed E-state index contributed by atoms with van der Waals surface area (Å²) in [6, 6.07) is 10.5. The normalized spacial score (nSPS) is 17.1. The molecule has 110 valence electrons. The Hall–Kier alpha value is -1.39. The van der Waals surface area contributed by atoms with E-state index in [4.69, 9.17) is 4.74 Å². The number of methoxy groups -OCH3 is 1. The molecule has 1 amide bonds. The summed E-state index contributed by atoms with van der Waals surface area (Å²) in [5, 5.41) is 2.94. The van der Waals surface area contributed by atoms with Gasteiger partial charge in [0.1, 0.15) is 0 Å². The minimum Gasteiger partial charge on any atom is -0.383 e. The SMILES string of the molecule is COCCNC(=O)C1CCN(Cc2ccccc2)CC1. The lowest BCUT2D eigenvalue weighted by molar-refractivity contribution is -0.126. The number of ether oxygens (including phenoxy) is 1. The lowest BCUT2D eigenvalue weighted by atomic mass is 9.95. The molecule has 0 unspecified atom stereocenters. The van der Waals surface area contributed by atoms with Crippen LogP contribution in [-0.4, -0.2) is 44.2 Å². The summed E-state index contributed by atoms with van der Waals surface area (Å²) < 4.78 is 4.94. The van der Waals surface area contributed by atoms with E-state index in [1.807, 2.05) is 6.07 Å². The number of nitrogens with one attached hydrogen (secondary N) is 1. The van der Waals surface area contributed by atoms with Gasteiger partial charge in [-0.05, 0) is 31.5 Å². The van der Waals surface area contributed by atoms with Crippen LogP contribution in [-0.2, 0) is 16.1 Å². The van der Waals surface area contributed by atoms with Crippen molar-refractivity contribution in [3.05, 3.63) is 35.9 Å². The van der Waals surface area contributed by atoms with Gasteiger partial charge in [0.2, 0.25) is 5.91 Å². The first-order chi connectivity index (χ1) is 9.79. The van der Waals surface area contributed by atoms with Crippen LogP contribution >= 0.6 is 0 Å². The van der Waals surface area contributed by atoms with Crippen LogP contribution in [0, 0.1) is 5.92 Å². The molecule has 0 radical (unpaired) electrons. The fraction of sp³-hybridized carbons (Fsp3) is 0.562. The summed E-state index contributed by atoms with van der Waals surface area (Å²) in [4.78, 5) is 14.4. The second-order valence-corrected chi connectivity index (χ2v) is 5.32. The van der Waals surface area contributed by atoms with Gasteiger partial charge in [-0.25, -0.2) is 0 Å². The third kappa shape index (κ3) is 4.62. The Morgan fingerprint density at radius 1 is 1.30 bits per heavy atom. The Balaban J connectivity index is 1.71. The molecule has 0 aliphatic carbocycles. The molecule has 4 nitrogen and oxygen atoms in total. The van der Waals surface area contributed by atoms with E-state index >= 15 is 0 Å². The van der Waals surface area contributed by atoms with Crippen molar-refractivity contribution in [3.63, 3.8) is 0 Å². The average molecular weight is 276 g/mol. The van der Waals surface area contributed by atoms with Gasteiger partial charge in [-0.3, -0.25) is 9.69 Å². The monoisotopic (exact) mass is 276 g/mol. The number of carbonyl (C=O) groups is 1. The number of nitrogens with zero attached hydrogens (tertiary/aromatic N) is 1. The molecule has 1 N–H and O–H groups in total. The van der Waals surface area contributed by atoms with Crippen LogP contribution in [0.25, 0.3) is 0 Å². The van der Waals surface area contributed by atoms with Crippen LogP contribution in [0.15, 0.2) is 30.3 Å². The molecule has 1 fully saturated rings. The minimum absolute atomic E-state index is 0.166. The molecule has 0 spiro atoms. The zero-order chi connectivity index (χ0) is 14.2. The van der Waals surface area contributed by atoms with Gasteiger partial charge in [-0.1, -0.05) is 30.3 Å². The van der Waals surface area contributed by atoms with Crippen LogP contribution in [0.5, 0.6) is 0 Å². The Morgan fingerprint density at radius 2 is 2.00 bits per heavy atom. The smallest absolute Gasteiger partial charge is 0.223 e. The molecular formula is C16H24N2O2. The fourth-order valence-electron chi connectivity index (χ4n) is 2.62. The molecule has 1 saturated heterocycles. The summed E-state index contributed by atoms with van der Waals surface area (Å²) in [7, 11) is 1.65. The van der Waals surface area contributed by atoms with Crippen molar-refractivity contribution >= 4 is 5.91 Å². The molecule has 2 rings (SSSR count). The molecular weight excluding hydrogens is 252 g/mol. The van der Waals surface area contributed by atoms with E-state index in [0.717, 1.165) is 32.5 Å². The molecule has 0 atom stereocenters. The van der Waals surface area contributed by atoms with E-state index in [1.165, 1.54) is 5.56 Å². The Morgan fingerprint density at radius 3 is 2.65 bits per heavy atom. The van der Waals surface area contributed by atoms with Crippen molar-refractivity contribution in [2.75, 3.05) is 33.4 Å². The fourth-order valence-corrected chi connectivity index (χ4v) is 2.62. The van der Waals surface area contributed by atoms with E-state index in [2.05, 4.69) is 34.5 Å². The Kier molecular flexibility index (Phi) is 6.02. The third-order valence-corrected chi connectivity index (χ3v) is 3.81. The molecule has 1 aromatic carbocycles. The zero-order valence-corrected chi connectivity index (χ0v) is 12.2. The zero-order valence-electron chi connectivity index (χ0n) is 12.2. The second-order valence-electron chi connectivity index (χ2n) is 5.32. The maximum absolute atomic E-state index is 12.0. The van der Waals surface area contributed by atoms with Crippen LogP contribution in [0.3, 0.4) is 0 Å². The lowest BCUT2D eigenvalue weighted by Gasteiger charge is -2.31. The number of hydrogen-bond donors (Lipinski definition) is 1. The third-order valence-electron chi connectivity index (χ3n) is 3.81. The van der Waals surface area contributed by atoms with E-state index < -0.39 is 0 Å². The van der Waals surface area contributed by atoms with Gasteiger partial charge < -0.3 is 10.1 Å². The molecule has 0 bridgehead atoms. The second kappa shape index (κ2) is 8.02. The largest absolute Gasteiger partial charge is 0.383 e. The molecule has 20 heavy (non-hydrogen) atoms. The summed E-state index contributed by atoms with van der Waals surface area (Å²) in [6.45, 7) is 4.17. The van der Waals surface area contributed by atoms with Crippen LogP contribution in [0.2, 0.25) is 0 Å². The molecule has 1 aliphatic heterocycles. The standard InChI is InChI=1S/C16H24N2O2/c1-20-12-9-17-16(19)15-7-10-18(11-8-15)13-14-5-3-2-4-6-14/h2-6,15H,7-13H2,1H3,(H,17,19). The molecule has 0 aromatic heterocycles. The molecule has 1 aromatic rings. The number of benzene rings is 1. The first-order valence-electron chi connectivity index (χ1n) is 7.32. The number of piperidine rings is 1. The topological polar surface area (TPSA) is 41.6 Å². The summed E-state index contributed by atoms with van der Waals surface area (Å²) in [5.74, 6) is 0.347. The van der Waals surface area contributed by atoms with E-state index in [-0.39, 0.29) is 11.8 Å². The van der Waals surface area contributed by atoms with Gasteiger partial charge in [-0.15, -0.1) is 0 Å². The average Bonchev–Trinajstić information content (AvgIpc) is 2.49. The van der Waals surface area contributed by atoms with Crippen molar-refractivity contribution in [1.29, 1.82) is 0 Å². The minimum atomic E-state index is 0.166. The quantitative estimate of drug-likeness (QED) is 0.804. The summed E-state index contributed by atoms with van der Waals surface area (Å²) in [5.41, 5.74) is 1.34. The number of amides is 1. The van der Waals surface area contributed by atoms with Gasteiger partial charge in [0.15, 0.2) is 0 Å². The first kappa shape index (κ1) is 15.0. The highest BCUT2D eigenvalue weighted by Crippen LogP contribution is 2.19. The van der Waals surface area contributed by atoms with Crippen LogP contribution in [0.1, 0.15) is 18.4 Å². The van der Waals surface area contributed by atoms with Crippen molar-refractivity contribution < 1.29 is 9.53 Å². The van der Waals surface area contributed by atoms with Crippen LogP contribution < -0.4 is 5.32 Å². The molecule has 1 heterocycles. The predicted octanol–water partition coefficient (Wildman–Crippen LogP) is 1.66. The summed E-state index contributed by atoms with van der Waals surface area (Å²) >= 11 is 0. The van der Waals surface area contributed by atoms with Gasteiger partial charge in [-0.2, -0.15) is 0 Å². The van der Waals surface area contributed by atoms with Gasteiger partial charge in [0.25, 0.3) is 0 Å². The van der Waals surface area contributed by atoms with Gasteiger partial charge in [0, 0.05) is 26.1 Å². The molecule has 0 saturated carbocycles. The number of hydrogen-bond acceptors (Lipinski definition) is 3. The summed E-state index contributed by atoms with van der Waals surface area (Å²) in [6.07, 6.45) is 1.90. The van der Waals surface area contributed by atoms with E-state index in [9.17, 15) is 4.79 Å². The Labute approximate surface area is 121 Å². The van der Waals surface area contributed by atoms with Gasteiger partial charge >= 0.3 is 0 Å². The maximum Gasteiger partial charge on any atom is 0.223 e. The number of likely N-dealkylation sites (tertiary alicyclic amines) is 1. The van der Waals surface area contributed by atoms with Crippen molar-refractivity contribution in [2.24, 2.45) is 5.92 Å². The lowest BCUT2D eigenvalue weighted by Crippen LogP contribution is -2.41. The van der Waals surface area contributed by atoms with E-state index in [1.54, 1.807) is 7.11 Å². The van der Waals surface area contributed by atoms with Crippen LogP contribution in [0.4, 0.5) is 0 Å². The number of rotatable bonds is 6. The van der Waals surface area contributed by atoms with Gasteiger partial charge in [0.05, 0.1) is 6.61 Å². The maximum atomic E-state index is 12.0. The molecule has 4 heteroatoms. The van der Waals surface area contributed by atoms with Crippen molar-refractivity contribution in [2.45, 2.75) is 19.4 Å². The number of carbonyl (C=O) groups excluding carboxylic acids is 1.